The van der Waals surface area contributed by atoms with E-state index in [0.717, 1.165) is 39.7 Å². The number of hydrogen-bond acceptors (Lipinski definition) is 3. The first-order valence-electron chi connectivity index (χ1n) is 8.44. The molecule has 2 heterocycles. The van der Waals surface area contributed by atoms with Gasteiger partial charge in [-0.25, -0.2) is 8.97 Å². The van der Waals surface area contributed by atoms with Crippen molar-refractivity contribution in [3.8, 4) is 16.2 Å². The molecule has 5 heteroatoms. The minimum Gasteiger partial charge on any atom is -0.479 e. The van der Waals surface area contributed by atoms with E-state index in [4.69, 9.17) is 4.74 Å². The van der Waals surface area contributed by atoms with Crippen LogP contribution >= 0.6 is 22.7 Å². The largest absolute Gasteiger partial charge is 0.479 e. The standard InChI is InChI=1S/C20H19FNOS2/c1-3-22(4-2)20-24-18-15-12-14(21)10-11-16(15)23-17(19(18)25-20)13-8-6-5-7-9-13/h5-12,17H,3-4H2,1-2H3/q+1. The maximum absolute atomic E-state index is 13.8. The van der Waals surface area contributed by atoms with Gasteiger partial charge < -0.3 is 4.74 Å². The van der Waals surface area contributed by atoms with Crippen molar-refractivity contribution >= 4 is 22.7 Å². The SMILES string of the molecule is CC[N+](CC)=c1sc2c(s1)C(c1ccccc1)Oc1ccc(F)cc1-2. The lowest BCUT2D eigenvalue weighted by molar-refractivity contribution is 0.247. The number of hydrogen-bond donors (Lipinski definition) is 0. The molecule has 0 radical (unpaired) electrons. The van der Waals surface area contributed by atoms with Gasteiger partial charge in [-0.05, 0) is 37.6 Å². The Morgan fingerprint density at radius 3 is 2.52 bits per heavy atom. The molecule has 0 bridgehead atoms. The number of fused-ring (bicyclic) bond motifs is 3. The molecule has 0 saturated carbocycles. The average Bonchev–Trinajstić information content (AvgIpc) is 3.08. The third kappa shape index (κ3) is 2.92. The average molecular weight is 373 g/mol. The molecule has 1 aliphatic heterocycles. The summed E-state index contributed by atoms with van der Waals surface area (Å²) >= 11 is 3.50. The van der Waals surface area contributed by atoms with Crippen molar-refractivity contribution in [2.24, 2.45) is 0 Å². The van der Waals surface area contributed by atoms with Gasteiger partial charge in [0.15, 0.2) is 6.10 Å². The summed E-state index contributed by atoms with van der Waals surface area (Å²) in [6.45, 7) is 6.24. The molecule has 4 rings (SSSR count). The molecule has 3 aromatic rings. The van der Waals surface area contributed by atoms with Gasteiger partial charge in [0, 0.05) is 5.56 Å². The summed E-state index contributed by atoms with van der Waals surface area (Å²) in [4.78, 5) is 2.29. The van der Waals surface area contributed by atoms with Crippen molar-refractivity contribution < 1.29 is 9.13 Å². The Morgan fingerprint density at radius 1 is 1.04 bits per heavy atom. The number of rotatable bonds is 3. The third-order valence-corrected chi connectivity index (χ3v) is 7.18. The van der Waals surface area contributed by atoms with Crippen molar-refractivity contribution in [2.75, 3.05) is 13.1 Å². The minimum absolute atomic E-state index is 0.139. The predicted octanol–water partition coefficient (Wildman–Crippen LogP) is 4.91. The van der Waals surface area contributed by atoms with Crippen LogP contribution in [0.4, 0.5) is 4.39 Å². The second kappa shape index (κ2) is 6.73. The van der Waals surface area contributed by atoms with Crippen LogP contribution in [0.2, 0.25) is 0 Å². The summed E-state index contributed by atoms with van der Waals surface area (Å²) in [5, 5.41) is 0. The van der Waals surface area contributed by atoms with Crippen molar-refractivity contribution in [2.45, 2.75) is 20.0 Å². The topological polar surface area (TPSA) is 12.2 Å². The van der Waals surface area contributed by atoms with E-state index in [1.165, 1.54) is 10.1 Å². The lowest BCUT2D eigenvalue weighted by Gasteiger charge is -2.25. The second-order valence-electron chi connectivity index (χ2n) is 5.88. The molecule has 1 atom stereocenters. The third-order valence-electron chi connectivity index (χ3n) is 4.40. The summed E-state index contributed by atoms with van der Waals surface area (Å²) in [5.41, 5.74) is 1.99. The number of ether oxygens (including phenoxy) is 1. The van der Waals surface area contributed by atoms with Crippen LogP contribution in [-0.2, 0) is 0 Å². The minimum atomic E-state index is -0.228. The van der Waals surface area contributed by atoms with Crippen LogP contribution in [0.15, 0.2) is 48.5 Å². The second-order valence-corrected chi connectivity index (χ2v) is 8.17. The van der Waals surface area contributed by atoms with Crippen molar-refractivity contribution in [3.05, 3.63) is 68.8 Å². The van der Waals surface area contributed by atoms with Crippen LogP contribution in [0.5, 0.6) is 5.75 Å². The van der Waals surface area contributed by atoms with Gasteiger partial charge in [0.2, 0.25) is 0 Å². The van der Waals surface area contributed by atoms with Gasteiger partial charge in [-0.1, -0.05) is 53.0 Å². The highest BCUT2D eigenvalue weighted by molar-refractivity contribution is 7.29. The summed E-state index contributed by atoms with van der Waals surface area (Å²) in [6.07, 6.45) is -0.139. The molecule has 0 fully saturated rings. The lowest BCUT2D eigenvalue weighted by Crippen LogP contribution is -2.25. The monoisotopic (exact) mass is 372 g/mol. The van der Waals surface area contributed by atoms with E-state index in [9.17, 15) is 4.39 Å². The van der Waals surface area contributed by atoms with Crippen molar-refractivity contribution in [1.29, 1.82) is 0 Å². The zero-order valence-electron chi connectivity index (χ0n) is 14.2. The molecule has 0 aliphatic carbocycles. The molecule has 0 N–H and O–H groups in total. The van der Waals surface area contributed by atoms with Crippen LogP contribution in [0.1, 0.15) is 30.4 Å². The molecule has 0 spiro atoms. The first kappa shape index (κ1) is 16.5. The van der Waals surface area contributed by atoms with E-state index < -0.39 is 0 Å². The van der Waals surface area contributed by atoms with Crippen molar-refractivity contribution in [1.82, 2.24) is 4.58 Å². The molecular formula is C20H19FNOS2+. The van der Waals surface area contributed by atoms with Crippen molar-refractivity contribution in [3.63, 3.8) is 0 Å². The fraction of sp³-hybridized carbons (Fsp3) is 0.250. The quantitative estimate of drug-likeness (QED) is 0.595. The Hall–Kier alpha value is -1.98. The first-order chi connectivity index (χ1) is 12.2. The van der Waals surface area contributed by atoms with Crippen LogP contribution in [0.3, 0.4) is 0 Å². The maximum atomic E-state index is 13.8. The fourth-order valence-corrected chi connectivity index (χ4v) is 6.12. The molecule has 1 aliphatic rings. The van der Waals surface area contributed by atoms with Crippen LogP contribution < -0.4 is 13.3 Å². The summed E-state index contributed by atoms with van der Waals surface area (Å²) < 4.78 is 23.7. The molecule has 1 unspecified atom stereocenters. The molecule has 25 heavy (non-hydrogen) atoms. The Morgan fingerprint density at radius 2 is 1.80 bits per heavy atom. The zero-order chi connectivity index (χ0) is 17.4. The van der Waals surface area contributed by atoms with Gasteiger partial charge in [-0.2, -0.15) is 0 Å². The van der Waals surface area contributed by atoms with Crippen LogP contribution in [-0.4, -0.2) is 13.1 Å². The van der Waals surface area contributed by atoms with Gasteiger partial charge in [0.1, 0.15) is 24.7 Å². The van der Waals surface area contributed by atoms with E-state index in [-0.39, 0.29) is 11.9 Å². The Kier molecular flexibility index (Phi) is 4.44. The van der Waals surface area contributed by atoms with E-state index in [0.29, 0.717) is 0 Å². The molecule has 2 aromatic carbocycles. The summed E-state index contributed by atoms with van der Waals surface area (Å²) in [7, 11) is 0. The maximum Gasteiger partial charge on any atom is 0.314 e. The Bertz CT molecular complexity index is 969. The Labute approximate surface area is 154 Å². The molecule has 1 aromatic heterocycles. The molecule has 2 nitrogen and oxygen atoms in total. The lowest BCUT2D eigenvalue weighted by atomic mass is 10.0. The van der Waals surface area contributed by atoms with E-state index in [1.807, 2.05) is 18.2 Å². The van der Waals surface area contributed by atoms with Crippen LogP contribution in [0.25, 0.3) is 10.4 Å². The molecule has 0 saturated heterocycles. The number of benzene rings is 2. The van der Waals surface area contributed by atoms with Gasteiger partial charge in [0.05, 0.1) is 9.75 Å². The van der Waals surface area contributed by atoms with Gasteiger partial charge in [-0.15, -0.1) is 0 Å². The van der Waals surface area contributed by atoms with Gasteiger partial charge >= 0.3 is 3.98 Å². The Balaban J connectivity index is 1.97. The number of halogens is 1. The molecular weight excluding hydrogens is 353 g/mol. The van der Waals surface area contributed by atoms with E-state index in [1.54, 1.807) is 34.8 Å². The van der Waals surface area contributed by atoms with E-state index in [2.05, 4.69) is 30.6 Å². The molecule has 128 valence electrons. The first-order valence-corrected chi connectivity index (χ1v) is 10.1. The normalized spacial score (nSPS) is 15.2. The smallest absolute Gasteiger partial charge is 0.314 e. The zero-order valence-corrected chi connectivity index (χ0v) is 15.8. The summed E-state index contributed by atoms with van der Waals surface area (Å²) in [5.74, 6) is 0.525. The van der Waals surface area contributed by atoms with Crippen LogP contribution in [0, 0.1) is 5.82 Å². The highest BCUT2D eigenvalue weighted by Crippen LogP contribution is 2.47. The fourth-order valence-electron chi connectivity index (χ4n) is 3.08. The van der Waals surface area contributed by atoms with Gasteiger partial charge in [-0.3, -0.25) is 0 Å². The predicted molar refractivity (Wildman–Crippen MR) is 103 cm³/mol. The van der Waals surface area contributed by atoms with E-state index >= 15 is 0 Å². The summed E-state index contributed by atoms with van der Waals surface area (Å²) in [6, 6.07) is 15.0. The highest BCUT2D eigenvalue weighted by Gasteiger charge is 2.31. The number of nitrogens with zero attached hydrogens (tertiary/aromatic N) is 1. The molecule has 0 amide bonds. The van der Waals surface area contributed by atoms with Gasteiger partial charge in [0.25, 0.3) is 0 Å². The highest BCUT2D eigenvalue weighted by atomic mass is 32.2.